The Hall–Kier alpha value is -0.570. The third kappa shape index (κ3) is 3.44. The van der Waals surface area contributed by atoms with E-state index in [0.29, 0.717) is 17.9 Å². The standard InChI is InChI=1S/C14H26N2O/c1-16(13-9-6-10-15-11-13)14(17)12-7-4-2-3-5-8-12/h12-13,15H,2-11H2,1H3. The van der Waals surface area contributed by atoms with Gasteiger partial charge in [-0.15, -0.1) is 0 Å². The fourth-order valence-corrected chi connectivity index (χ4v) is 3.16. The number of carbonyl (C=O) groups is 1. The van der Waals surface area contributed by atoms with Crippen LogP contribution in [0.4, 0.5) is 0 Å². The second-order valence-electron chi connectivity index (χ2n) is 5.64. The molecule has 1 aliphatic heterocycles. The lowest BCUT2D eigenvalue weighted by Gasteiger charge is -2.34. The Labute approximate surface area is 105 Å². The van der Waals surface area contributed by atoms with E-state index in [4.69, 9.17) is 0 Å². The zero-order valence-electron chi connectivity index (χ0n) is 11.1. The normalized spacial score (nSPS) is 27.5. The van der Waals surface area contributed by atoms with Crippen molar-refractivity contribution in [2.45, 2.75) is 57.4 Å². The summed E-state index contributed by atoms with van der Waals surface area (Å²) < 4.78 is 0. The van der Waals surface area contributed by atoms with Gasteiger partial charge in [0.1, 0.15) is 0 Å². The first kappa shape index (κ1) is 12.9. The highest BCUT2D eigenvalue weighted by atomic mass is 16.2. The summed E-state index contributed by atoms with van der Waals surface area (Å²) in [7, 11) is 2.00. The zero-order chi connectivity index (χ0) is 12.1. The lowest BCUT2D eigenvalue weighted by molar-refractivity contribution is -0.137. The fourth-order valence-electron chi connectivity index (χ4n) is 3.16. The van der Waals surface area contributed by atoms with Gasteiger partial charge in [0.25, 0.3) is 0 Å². The molecule has 1 aliphatic carbocycles. The molecule has 2 aliphatic rings. The highest BCUT2D eigenvalue weighted by Gasteiger charge is 2.28. The number of nitrogens with one attached hydrogen (secondary N) is 1. The smallest absolute Gasteiger partial charge is 0.225 e. The van der Waals surface area contributed by atoms with Crippen LogP contribution in [0.15, 0.2) is 0 Å². The lowest BCUT2D eigenvalue weighted by Crippen LogP contribution is -2.48. The van der Waals surface area contributed by atoms with E-state index in [0.717, 1.165) is 25.9 Å². The Balaban J connectivity index is 1.88. The first-order chi connectivity index (χ1) is 8.29. The van der Waals surface area contributed by atoms with Crippen LogP contribution in [0, 0.1) is 5.92 Å². The number of rotatable bonds is 2. The molecule has 0 aromatic carbocycles. The molecule has 0 spiro atoms. The van der Waals surface area contributed by atoms with E-state index in [-0.39, 0.29) is 0 Å². The number of hydrogen-bond acceptors (Lipinski definition) is 2. The molecule has 0 aromatic heterocycles. The zero-order valence-corrected chi connectivity index (χ0v) is 11.1. The van der Waals surface area contributed by atoms with E-state index in [1.807, 2.05) is 11.9 Å². The van der Waals surface area contributed by atoms with Crippen LogP contribution >= 0.6 is 0 Å². The van der Waals surface area contributed by atoms with Crippen LogP contribution in [-0.4, -0.2) is 37.0 Å². The number of piperidine rings is 1. The molecule has 1 heterocycles. The Kier molecular flexibility index (Phi) is 4.84. The molecule has 1 amide bonds. The van der Waals surface area contributed by atoms with Crippen molar-refractivity contribution in [2.24, 2.45) is 5.92 Å². The van der Waals surface area contributed by atoms with Crippen molar-refractivity contribution in [3.8, 4) is 0 Å². The Bertz CT molecular complexity index is 241. The topological polar surface area (TPSA) is 32.3 Å². The van der Waals surface area contributed by atoms with Gasteiger partial charge in [0.2, 0.25) is 5.91 Å². The molecular weight excluding hydrogens is 212 g/mol. The van der Waals surface area contributed by atoms with Crippen molar-refractivity contribution in [2.75, 3.05) is 20.1 Å². The van der Waals surface area contributed by atoms with Crippen LogP contribution in [0.25, 0.3) is 0 Å². The second-order valence-corrected chi connectivity index (χ2v) is 5.64. The summed E-state index contributed by atoms with van der Waals surface area (Å²) in [5.41, 5.74) is 0. The molecule has 1 N–H and O–H groups in total. The van der Waals surface area contributed by atoms with Crippen molar-refractivity contribution in [1.82, 2.24) is 10.2 Å². The summed E-state index contributed by atoms with van der Waals surface area (Å²) >= 11 is 0. The Morgan fingerprint density at radius 1 is 1.06 bits per heavy atom. The molecule has 98 valence electrons. The van der Waals surface area contributed by atoms with Crippen molar-refractivity contribution >= 4 is 5.91 Å². The molecule has 3 nitrogen and oxygen atoms in total. The molecule has 2 rings (SSSR count). The number of likely N-dealkylation sites (N-methyl/N-ethyl adjacent to an activating group) is 1. The van der Waals surface area contributed by atoms with Crippen LogP contribution in [0.3, 0.4) is 0 Å². The second kappa shape index (κ2) is 6.39. The van der Waals surface area contributed by atoms with Gasteiger partial charge >= 0.3 is 0 Å². The van der Waals surface area contributed by atoms with Crippen molar-refractivity contribution in [3.63, 3.8) is 0 Å². The summed E-state index contributed by atoms with van der Waals surface area (Å²) in [6.07, 6.45) is 9.72. The fraction of sp³-hybridized carbons (Fsp3) is 0.929. The summed E-state index contributed by atoms with van der Waals surface area (Å²) in [6.45, 7) is 2.09. The number of nitrogens with zero attached hydrogens (tertiary/aromatic N) is 1. The van der Waals surface area contributed by atoms with Gasteiger partial charge in [0.15, 0.2) is 0 Å². The van der Waals surface area contributed by atoms with E-state index in [9.17, 15) is 4.79 Å². The van der Waals surface area contributed by atoms with Gasteiger partial charge in [0, 0.05) is 25.6 Å². The lowest BCUT2D eigenvalue weighted by atomic mass is 9.97. The third-order valence-electron chi connectivity index (χ3n) is 4.37. The molecule has 0 radical (unpaired) electrons. The highest BCUT2D eigenvalue weighted by molar-refractivity contribution is 5.79. The summed E-state index contributed by atoms with van der Waals surface area (Å²) in [4.78, 5) is 14.5. The van der Waals surface area contributed by atoms with E-state index < -0.39 is 0 Å². The van der Waals surface area contributed by atoms with E-state index >= 15 is 0 Å². The summed E-state index contributed by atoms with van der Waals surface area (Å²) in [6, 6.07) is 0.430. The highest BCUT2D eigenvalue weighted by Crippen LogP contribution is 2.25. The summed E-state index contributed by atoms with van der Waals surface area (Å²) in [5, 5.41) is 3.39. The average Bonchev–Trinajstić information content (AvgIpc) is 2.67. The van der Waals surface area contributed by atoms with Crippen molar-refractivity contribution in [1.29, 1.82) is 0 Å². The van der Waals surface area contributed by atoms with Crippen molar-refractivity contribution in [3.05, 3.63) is 0 Å². The maximum absolute atomic E-state index is 12.4. The largest absolute Gasteiger partial charge is 0.341 e. The molecule has 17 heavy (non-hydrogen) atoms. The molecule has 1 atom stereocenters. The Morgan fingerprint density at radius 3 is 2.35 bits per heavy atom. The molecular formula is C14H26N2O. The minimum atomic E-state index is 0.310. The molecule has 1 unspecified atom stereocenters. The van der Waals surface area contributed by atoms with E-state index in [1.54, 1.807) is 0 Å². The van der Waals surface area contributed by atoms with Gasteiger partial charge in [-0.3, -0.25) is 4.79 Å². The van der Waals surface area contributed by atoms with Crippen molar-refractivity contribution < 1.29 is 4.79 Å². The maximum atomic E-state index is 12.4. The molecule has 0 aromatic rings. The minimum absolute atomic E-state index is 0.310. The Morgan fingerprint density at radius 2 is 1.76 bits per heavy atom. The van der Waals surface area contributed by atoms with Gasteiger partial charge in [0.05, 0.1) is 0 Å². The molecule has 1 saturated heterocycles. The van der Waals surface area contributed by atoms with Crippen LogP contribution in [0.5, 0.6) is 0 Å². The van der Waals surface area contributed by atoms with Crippen LogP contribution in [0.2, 0.25) is 0 Å². The minimum Gasteiger partial charge on any atom is -0.341 e. The van der Waals surface area contributed by atoms with Crippen LogP contribution < -0.4 is 5.32 Å². The quantitative estimate of drug-likeness (QED) is 0.748. The van der Waals surface area contributed by atoms with E-state index in [1.165, 1.54) is 38.5 Å². The first-order valence-corrected chi connectivity index (χ1v) is 7.26. The number of carbonyl (C=O) groups excluding carboxylic acids is 1. The third-order valence-corrected chi connectivity index (χ3v) is 4.37. The van der Waals surface area contributed by atoms with Gasteiger partial charge in [-0.25, -0.2) is 0 Å². The first-order valence-electron chi connectivity index (χ1n) is 7.26. The van der Waals surface area contributed by atoms with Gasteiger partial charge < -0.3 is 10.2 Å². The average molecular weight is 238 g/mol. The van der Waals surface area contributed by atoms with Gasteiger partial charge in [-0.2, -0.15) is 0 Å². The predicted octanol–water partition coefficient (Wildman–Crippen LogP) is 2.17. The molecule has 3 heteroatoms. The molecule has 1 saturated carbocycles. The van der Waals surface area contributed by atoms with Gasteiger partial charge in [-0.05, 0) is 32.2 Å². The van der Waals surface area contributed by atoms with Crippen LogP contribution in [0.1, 0.15) is 51.4 Å². The van der Waals surface area contributed by atoms with E-state index in [2.05, 4.69) is 5.32 Å². The monoisotopic (exact) mass is 238 g/mol. The van der Waals surface area contributed by atoms with Gasteiger partial charge in [-0.1, -0.05) is 25.7 Å². The number of amides is 1. The predicted molar refractivity (Wildman–Crippen MR) is 69.9 cm³/mol. The molecule has 2 fully saturated rings. The van der Waals surface area contributed by atoms with Crippen LogP contribution in [-0.2, 0) is 4.79 Å². The summed E-state index contributed by atoms with van der Waals surface area (Å²) in [5.74, 6) is 0.713. The maximum Gasteiger partial charge on any atom is 0.225 e. The molecule has 0 bridgehead atoms. The number of hydrogen-bond donors (Lipinski definition) is 1. The SMILES string of the molecule is CN(C(=O)C1CCCCCC1)C1CCCNC1.